The molecule has 2 heterocycles. The van der Waals surface area contributed by atoms with Gasteiger partial charge >= 0.3 is 0 Å². The maximum atomic E-state index is 11.9. The first-order valence-electron chi connectivity index (χ1n) is 8.35. The predicted octanol–water partition coefficient (Wildman–Crippen LogP) is 1.46. The Balaban J connectivity index is 1.53. The zero-order valence-electron chi connectivity index (χ0n) is 12.3. The summed E-state index contributed by atoms with van der Waals surface area (Å²) in [4.78, 5) is 0. The molecule has 4 unspecified atom stereocenters. The van der Waals surface area contributed by atoms with Gasteiger partial charge in [0.25, 0.3) is 0 Å². The molecule has 1 saturated carbocycles. The molecule has 0 radical (unpaired) electrons. The van der Waals surface area contributed by atoms with Crippen LogP contribution < -0.4 is 10.6 Å². The van der Waals surface area contributed by atoms with E-state index in [0.717, 1.165) is 19.4 Å². The first-order valence-corrected chi connectivity index (χ1v) is 10.1. The maximum Gasteiger partial charge on any atom is 0.154 e. The molecule has 3 aliphatic rings. The molecule has 20 heavy (non-hydrogen) atoms. The van der Waals surface area contributed by atoms with Gasteiger partial charge in [-0.1, -0.05) is 12.8 Å². The largest absolute Gasteiger partial charge is 0.314 e. The van der Waals surface area contributed by atoms with Crippen molar-refractivity contribution in [2.45, 2.75) is 68.7 Å². The molecule has 0 aromatic rings. The average molecular weight is 300 g/mol. The van der Waals surface area contributed by atoms with Crippen LogP contribution in [0.2, 0.25) is 0 Å². The fourth-order valence-corrected chi connectivity index (χ4v) is 6.12. The van der Waals surface area contributed by atoms with Gasteiger partial charge in [-0.05, 0) is 51.0 Å². The highest BCUT2D eigenvalue weighted by atomic mass is 32.2. The molecular formula is C15H28N2O2S. The standard InChI is InChI=1S/C15H28N2O2S/c18-20(19)10-4-5-12(20)11-17-15-8-3-6-13(15)14-7-1-2-9-16-14/h12-17H,1-11H2. The molecule has 0 spiro atoms. The highest BCUT2D eigenvalue weighted by Crippen LogP contribution is 2.32. The van der Waals surface area contributed by atoms with E-state index in [9.17, 15) is 8.42 Å². The van der Waals surface area contributed by atoms with Crippen molar-refractivity contribution in [3.05, 3.63) is 0 Å². The molecule has 3 fully saturated rings. The molecule has 0 bridgehead atoms. The van der Waals surface area contributed by atoms with Gasteiger partial charge in [-0.3, -0.25) is 0 Å². The van der Waals surface area contributed by atoms with Crippen molar-refractivity contribution in [2.75, 3.05) is 18.8 Å². The van der Waals surface area contributed by atoms with Gasteiger partial charge in [-0.2, -0.15) is 0 Å². The van der Waals surface area contributed by atoms with Crippen LogP contribution in [-0.2, 0) is 9.84 Å². The van der Waals surface area contributed by atoms with Gasteiger partial charge in [0.1, 0.15) is 0 Å². The Kier molecular flexibility index (Phi) is 4.68. The Labute approximate surface area is 123 Å². The number of piperidine rings is 1. The number of hydrogen-bond acceptors (Lipinski definition) is 4. The van der Waals surface area contributed by atoms with Gasteiger partial charge in [0.15, 0.2) is 9.84 Å². The zero-order chi connectivity index (χ0) is 14.0. The smallest absolute Gasteiger partial charge is 0.154 e. The van der Waals surface area contributed by atoms with Gasteiger partial charge in [-0.15, -0.1) is 0 Å². The highest BCUT2D eigenvalue weighted by Gasteiger charge is 2.36. The minimum atomic E-state index is -2.80. The van der Waals surface area contributed by atoms with Crippen molar-refractivity contribution in [3.8, 4) is 0 Å². The summed E-state index contributed by atoms with van der Waals surface area (Å²) in [6.07, 6.45) is 9.46. The third-order valence-electron chi connectivity index (χ3n) is 5.51. The molecule has 1 aliphatic carbocycles. The van der Waals surface area contributed by atoms with E-state index in [-0.39, 0.29) is 5.25 Å². The minimum Gasteiger partial charge on any atom is -0.314 e. The second kappa shape index (κ2) is 6.32. The van der Waals surface area contributed by atoms with E-state index < -0.39 is 9.84 Å². The Hall–Kier alpha value is -0.130. The van der Waals surface area contributed by atoms with Gasteiger partial charge in [0.2, 0.25) is 0 Å². The van der Waals surface area contributed by atoms with Crippen LogP contribution in [0, 0.1) is 5.92 Å². The molecule has 2 saturated heterocycles. The minimum absolute atomic E-state index is 0.122. The molecule has 116 valence electrons. The third-order valence-corrected chi connectivity index (χ3v) is 7.78. The lowest BCUT2D eigenvalue weighted by molar-refractivity contribution is 0.257. The van der Waals surface area contributed by atoms with E-state index in [0.29, 0.717) is 30.3 Å². The van der Waals surface area contributed by atoms with Gasteiger partial charge in [0, 0.05) is 18.6 Å². The molecule has 5 heteroatoms. The van der Waals surface area contributed by atoms with E-state index in [4.69, 9.17) is 0 Å². The summed E-state index contributed by atoms with van der Waals surface area (Å²) in [5, 5.41) is 7.16. The Morgan fingerprint density at radius 3 is 2.60 bits per heavy atom. The molecule has 2 N–H and O–H groups in total. The molecule has 0 amide bonds. The van der Waals surface area contributed by atoms with Gasteiger partial charge in [0.05, 0.1) is 11.0 Å². The first-order chi connectivity index (χ1) is 9.67. The van der Waals surface area contributed by atoms with Crippen LogP contribution in [-0.4, -0.2) is 44.6 Å². The van der Waals surface area contributed by atoms with Crippen LogP contribution in [0.1, 0.15) is 51.4 Å². The molecule has 3 rings (SSSR count). The van der Waals surface area contributed by atoms with E-state index in [1.54, 1.807) is 0 Å². The normalized spacial score (nSPS) is 41.0. The van der Waals surface area contributed by atoms with Crippen molar-refractivity contribution < 1.29 is 8.42 Å². The van der Waals surface area contributed by atoms with Crippen LogP contribution in [0.3, 0.4) is 0 Å². The quantitative estimate of drug-likeness (QED) is 0.825. The predicted molar refractivity (Wildman–Crippen MR) is 81.6 cm³/mol. The maximum absolute atomic E-state index is 11.9. The monoisotopic (exact) mass is 300 g/mol. The van der Waals surface area contributed by atoms with E-state index in [2.05, 4.69) is 10.6 Å². The summed E-state index contributed by atoms with van der Waals surface area (Å²) < 4.78 is 23.8. The number of nitrogens with one attached hydrogen (secondary N) is 2. The lowest BCUT2D eigenvalue weighted by Gasteiger charge is -2.33. The molecule has 4 nitrogen and oxygen atoms in total. The van der Waals surface area contributed by atoms with E-state index in [1.807, 2.05) is 0 Å². The Morgan fingerprint density at radius 1 is 1.00 bits per heavy atom. The molecular weight excluding hydrogens is 272 g/mol. The van der Waals surface area contributed by atoms with Gasteiger partial charge < -0.3 is 10.6 Å². The topological polar surface area (TPSA) is 58.2 Å². The molecule has 0 aromatic heterocycles. The second-order valence-electron chi connectivity index (χ2n) is 6.80. The third kappa shape index (κ3) is 3.20. The fraction of sp³-hybridized carbons (Fsp3) is 1.00. The summed E-state index contributed by atoms with van der Waals surface area (Å²) >= 11 is 0. The van der Waals surface area contributed by atoms with E-state index in [1.165, 1.54) is 38.5 Å². The zero-order valence-corrected chi connectivity index (χ0v) is 13.1. The molecule has 4 atom stereocenters. The summed E-state index contributed by atoms with van der Waals surface area (Å²) in [5.41, 5.74) is 0. The summed E-state index contributed by atoms with van der Waals surface area (Å²) in [5.74, 6) is 1.11. The molecule has 0 aromatic carbocycles. The van der Waals surface area contributed by atoms with Crippen molar-refractivity contribution >= 4 is 9.84 Å². The molecule has 2 aliphatic heterocycles. The summed E-state index contributed by atoms with van der Waals surface area (Å²) in [7, 11) is -2.80. The van der Waals surface area contributed by atoms with Crippen LogP contribution in [0.15, 0.2) is 0 Å². The van der Waals surface area contributed by atoms with Gasteiger partial charge in [-0.25, -0.2) is 8.42 Å². The average Bonchev–Trinajstić information content (AvgIpc) is 3.03. The van der Waals surface area contributed by atoms with Crippen LogP contribution in [0.25, 0.3) is 0 Å². The van der Waals surface area contributed by atoms with E-state index >= 15 is 0 Å². The first kappa shape index (κ1) is 14.8. The number of rotatable bonds is 4. The fourth-order valence-electron chi connectivity index (χ4n) is 4.34. The highest BCUT2D eigenvalue weighted by molar-refractivity contribution is 7.92. The lowest BCUT2D eigenvalue weighted by atomic mass is 9.88. The SMILES string of the molecule is O=S1(=O)CCCC1CNC1CCCC1C1CCCCN1. The van der Waals surface area contributed by atoms with Crippen LogP contribution in [0.5, 0.6) is 0 Å². The Morgan fingerprint density at radius 2 is 1.90 bits per heavy atom. The number of hydrogen-bond donors (Lipinski definition) is 2. The van der Waals surface area contributed by atoms with Crippen LogP contribution >= 0.6 is 0 Å². The Bertz CT molecular complexity index is 418. The van der Waals surface area contributed by atoms with Crippen molar-refractivity contribution in [1.29, 1.82) is 0 Å². The van der Waals surface area contributed by atoms with Crippen LogP contribution in [0.4, 0.5) is 0 Å². The summed E-state index contributed by atoms with van der Waals surface area (Å²) in [6, 6.07) is 1.19. The second-order valence-corrected chi connectivity index (χ2v) is 9.20. The van der Waals surface area contributed by atoms with Crippen molar-refractivity contribution in [2.24, 2.45) is 5.92 Å². The lowest BCUT2D eigenvalue weighted by Crippen LogP contribution is -2.48. The van der Waals surface area contributed by atoms with Crippen molar-refractivity contribution in [3.63, 3.8) is 0 Å². The number of sulfone groups is 1. The van der Waals surface area contributed by atoms with Crippen molar-refractivity contribution in [1.82, 2.24) is 10.6 Å². The summed E-state index contributed by atoms with van der Waals surface area (Å²) in [6.45, 7) is 1.83.